The van der Waals surface area contributed by atoms with Crippen molar-refractivity contribution in [3.63, 3.8) is 0 Å². The molecule has 0 atom stereocenters. The molecule has 3 amide bonds. The molecule has 0 aromatic heterocycles. The Labute approximate surface area is 128 Å². The number of carbonyl (C=O) groups is 3. The zero-order valence-corrected chi connectivity index (χ0v) is 12.3. The summed E-state index contributed by atoms with van der Waals surface area (Å²) in [5.74, 6) is -0.580. The minimum atomic E-state index is -0.654. The third kappa shape index (κ3) is 3.97. The normalized spacial score (nSPS) is 13.7. The molecule has 1 aromatic rings. The summed E-state index contributed by atoms with van der Waals surface area (Å²) in [6.45, 7) is 1.94. The van der Waals surface area contributed by atoms with E-state index in [1.165, 1.54) is 0 Å². The number of aryl methyl sites for hydroxylation is 1. The number of esters is 1. The average Bonchev–Trinajstić information content (AvgIpc) is 2.97. The molecule has 0 bridgehead atoms. The molecule has 118 valence electrons. The first-order valence-corrected chi connectivity index (χ1v) is 7.06. The van der Waals surface area contributed by atoms with Gasteiger partial charge in [-0.1, -0.05) is 25.1 Å². The van der Waals surface area contributed by atoms with Crippen molar-refractivity contribution in [3.8, 4) is 5.75 Å². The molecule has 2 rings (SSSR count). The van der Waals surface area contributed by atoms with Crippen molar-refractivity contribution in [3.05, 3.63) is 29.8 Å². The molecule has 22 heavy (non-hydrogen) atoms. The van der Waals surface area contributed by atoms with Crippen LogP contribution in [0.1, 0.15) is 12.5 Å². The number of nitrogens with one attached hydrogen (secondary N) is 1. The van der Waals surface area contributed by atoms with Gasteiger partial charge in [-0.15, -0.1) is 0 Å². The number of ether oxygens (including phenoxy) is 2. The molecule has 1 saturated heterocycles. The molecule has 0 unspecified atom stereocenters. The van der Waals surface area contributed by atoms with Crippen molar-refractivity contribution in [1.29, 1.82) is 0 Å². The number of amides is 3. The number of imide groups is 1. The summed E-state index contributed by atoms with van der Waals surface area (Å²) in [6.07, 6.45) is 0.785. The van der Waals surface area contributed by atoms with E-state index < -0.39 is 24.5 Å². The molecule has 0 saturated carbocycles. The SMILES string of the molecule is CCc1ccccc1OCC(=O)OCC(=O)N1CCNC1=O. The quantitative estimate of drug-likeness (QED) is 0.783. The molecule has 0 spiro atoms. The Morgan fingerprint density at radius 3 is 2.73 bits per heavy atom. The standard InChI is InChI=1S/C15H18N2O5/c1-2-11-5-3-4-6-12(11)21-10-14(19)22-9-13(18)17-8-7-16-15(17)20/h3-6H,2,7-10H2,1H3,(H,16,20). The summed E-state index contributed by atoms with van der Waals surface area (Å²) < 4.78 is 10.2. The lowest BCUT2D eigenvalue weighted by atomic mass is 10.1. The first-order valence-electron chi connectivity index (χ1n) is 7.06. The van der Waals surface area contributed by atoms with E-state index in [4.69, 9.17) is 9.47 Å². The minimum Gasteiger partial charge on any atom is -0.482 e. The molecular weight excluding hydrogens is 288 g/mol. The molecule has 7 heteroatoms. The van der Waals surface area contributed by atoms with Gasteiger partial charge in [0.2, 0.25) is 0 Å². The van der Waals surface area contributed by atoms with Gasteiger partial charge in [0.25, 0.3) is 5.91 Å². The lowest BCUT2D eigenvalue weighted by molar-refractivity contribution is -0.152. The molecule has 1 aromatic carbocycles. The Hall–Kier alpha value is -2.57. The van der Waals surface area contributed by atoms with Gasteiger partial charge in [0.05, 0.1) is 0 Å². The number of para-hydroxylation sites is 1. The third-order valence-electron chi connectivity index (χ3n) is 3.21. The monoisotopic (exact) mass is 306 g/mol. The molecule has 1 aliphatic heterocycles. The maximum absolute atomic E-state index is 11.7. The van der Waals surface area contributed by atoms with Crippen LogP contribution < -0.4 is 10.1 Å². The fourth-order valence-corrected chi connectivity index (χ4v) is 2.04. The average molecular weight is 306 g/mol. The van der Waals surface area contributed by atoms with E-state index in [0.717, 1.165) is 16.9 Å². The Morgan fingerprint density at radius 1 is 1.27 bits per heavy atom. The summed E-state index contributed by atoms with van der Waals surface area (Å²) in [6, 6.07) is 6.93. The number of carbonyl (C=O) groups excluding carboxylic acids is 3. The summed E-state index contributed by atoms with van der Waals surface area (Å²) in [4.78, 5) is 35.6. The number of hydrogen-bond acceptors (Lipinski definition) is 5. The van der Waals surface area contributed by atoms with Crippen LogP contribution in [0.4, 0.5) is 4.79 Å². The van der Waals surface area contributed by atoms with Crippen LogP contribution in [0.5, 0.6) is 5.75 Å². The topological polar surface area (TPSA) is 84.9 Å². The number of nitrogens with zero attached hydrogens (tertiary/aromatic N) is 1. The second-order valence-corrected chi connectivity index (χ2v) is 4.69. The van der Waals surface area contributed by atoms with Gasteiger partial charge in [0.1, 0.15) is 5.75 Å². The van der Waals surface area contributed by atoms with Crippen LogP contribution in [0.2, 0.25) is 0 Å². The van der Waals surface area contributed by atoms with Gasteiger partial charge in [-0.3, -0.25) is 9.69 Å². The van der Waals surface area contributed by atoms with Crippen LogP contribution in [0.25, 0.3) is 0 Å². The van der Waals surface area contributed by atoms with E-state index in [1.54, 1.807) is 6.07 Å². The smallest absolute Gasteiger partial charge is 0.344 e. The van der Waals surface area contributed by atoms with Gasteiger partial charge in [-0.05, 0) is 18.1 Å². The highest BCUT2D eigenvalue weighted by Gasteiger charge is 2.26. The highest BCUT2D eigenvalue weighted by atomic mass is 16.6. The summed E-state index contributed by atoms with van der Waals surface area (Å²) in [7, 11) is 0. The first-order chi connectivity index (χ1) is 10.6. The number of hydrogen-bond donors (Lipinski definition) is 1. The van der Waals surface area contributed by atoms with Crippen LogP contribution in [0.15, 0.2) is 24.3 Å². The van der Waals surface area contributed by atoms with Crippen LogP contribution in [0.3, 0.4) is 0 Å². The Morgan fingerprint density at radius 2 is 2.05 bits per heavy atom. The molecule has 1 heterocycles. The van der Waals surface area contributed by atoms with Crippen LogP contribution >= 0.6 is 0 Å². The lowest BCUT2D eigenvalue weighted by Gasteiger charge is -2.13. The van der Waals surface area contributed by atoms with Crippen molar-refractivity contribution in [2.45, 2.75) is 13.3 Å². The largest absolute Gasteiger partial charge is 0.482 e. The van der Waals surface area contributed by atoms with Crippen molar-refractivity contribution in [2.75, 3.05) is 26.3 Å². The van der Waals surface area contributed by atoms with Gasteiger partial charge in [-0.25, -0.2) is 9.59 Å². The summed E-state index contributed by atoms with van der Waals surface area (Å²) >= 11 is 0. The van der Waals surface area contributed by atoms with E-state index in [2.05, 4.69) is 5.32 Å². The molecule has 0 radical (unpaired) electrons. The summed E-state index contributed by atoms with van der Waals surface area (Å²) in [5, 5.41) is 2.50. The van der Waals surface area contributed by atoms with Crippen LogP contribution in [-0.2, 0) is 20.7 Å². The van der Waals surface area contributed by atoms with Gasteiger partial charge >= 0.3 is 12.0 Å². The second kappa shape index (κ2) is 7.44. The van der Waals surface area contributed by atoms with Crippen LogP contribution in [-0.4, -0.2) is 49.1 Å². The van der Waals surface area contributed by atoms with E-state index >= 15 is 0 Å². The lowest BCUT2D eigenvalue weighted by Crippen LogP contribution is -2.37. The number of urea groups is 1. The van der Waals surface area contributed by atoms with E-state index in [-0.39, 0.29) is 13.2 Å². The molecule has 1 fully saturated rings. The Bertz CT molecular complexity index is 573. The predicted octanol–water partition coefficient (Wildman–Crippen LogP) is 0.723. The molecular formula is C15H18N2O5. The van der Waals surface area contributed by atoms with E-state index in [1.807, 2.05) is 25.1 Å². The van der Waals surface area contributed by atoms with Crippen LogP contribution in [0, 0.1) is 0 Å². The Balaban J connectivity index is 1.76. The van der Waals surface area contributed by atoms with Crippen molar-refractivity contribution < 1.29 is 23.9 Å². The van der Waals surface area contributed by atoms with Gasteiger partial charge in [0.15, 0.2) is 13.2 Å². The highest BCUT2D eigenvalue weighted by molar-refractivity contribution is 5.96. The van der Waals surface area contributed by atoms with E-state index in [9.17, 15) is 14.4 Å². The highest BCUT2D eigenvalue weighted by Crippen LogP contribution is 2.18. The molecule has 7 nitrogen and oxygen atoms in total. The molecule has 1 N–H and O–H groups in total. The maximum atomic E-state index is 11.7. The van der Waals surface area contributed by atoms with Crippen molar-refractivity contribution >= 4 is 17.9 Å². The number of rotatable bonds is 6. The van der Waals surface area contributed by atoms with Gasteiger partial charge < -0.3 is 14.8 Å². The van der Waals surface area contributed by atoms with E-state index in [0.29, 0.717) is 12.3 Å². The van der Waals surface area contributed by atoms with Gasteiger partial charge in [0, 0.05) is 13.1 Å². The fourth-order valence-electron chi connectivity index (χ4n) is 2.04. The predicted molar refractivity (Wildman–Crippen MR) is 77.4 cm³/mol. The first kappa shape index (κ1) is 15.8. The molecule has 1 aliphatic rings. The van der Waals surface area contributed by atoms with Crippen molar-refractivity contribution in [1.82, 2.24) is 10.2 Å². The zero-order chi connectivity index (χ0) is 15.9. The maximum Gasteiger partial charge on any atom is 0.344 e. The fraction of sp³-hybridized carbons (Fsp3) is 0.400. The summed E-state index contributed by atoms with van der Waals surface area (Å²) in [5.41, 5.74) is 0.986. The van der Waals surface area contributed by atoms with Crippen molar-refractivity contribution in [2.24, 2.45) is 0 Å². The molecule has 0 aliphatic carbocycles. The second-order valence-electron chi connectivity index (χ2n) is 4.69. The minimum absolute atomic E-state index is 0.281. The third-order valence-corrected chi connectivity index (χ3v) is 3.21. The Kier molecular flexibility index (Phi) is 5.35. The zero-order valence-electron chi connectivity index (χ0n) is 12.3. The van der Waals surface area contributed by atoms with Gasteiger partial charge in [-0.2, -0.15) is 0 Å². The number of benzene rings is 1.